The Balaban J connectivity index is 0.000000131. The lowest BCUT2D eigenvalue weighted by Gasteiger charge is -2.28. The smallest absolute Gasteiger partial charge is 0.256 e. The molecule has 0 radical (unpaired) electrons. The number of benzene rings is 4. The molecule has 8 aliphatic rings. The zero-order valence-electron chi connectivity index (χ0n) is 64.4. The standard InChI is InChI=1S/4C19H25N5O3S/c1-3-12-4-5-16-15(10-12)13(6-8-21-16)19(25)24-17-11-23(28(2,26)27)9-7-14(17)18(20)22-24;3*1-3-12-4-5-16-15(10-12)13(6-8-21-16)19(25)24-18(20)14-7-9-23(28(2,26)27)11-17(14)22-24/h4-5,10,13,21H,3,6-9,11H2,1-2H3,(H2,20,22);3*4-5,10,13,21H,3,6-9,11,20H2,1-2H3/t;2*13-;/m.10./s1. The Bertz CT molecular complexity index is 5120. The minimum absolute atomic E-state index is 0.122. The lowest BCUT2D eigenvalue weighted by atomic mass is 9.88. The Hall–Kier alpha value is -9.56. The van der Waals surface area contributed by atoms with E-state index in [2.05, 4.69) is 118 Å². The van der Waals surface area contributed by atoms with Crippen LogP contribution in [0.1, 0.15) is 186 Å². The predicted octanol–water partition coefficient (Wildman–Crippen LogP) is 6.34. The minimum atomic E-state index is -3.35. The number of nitrogens with one attached hydrogen (secondary N) is 4. The lowest BCUT2D eigenvalue weighted by Crippen LogP contribution is -2.37. The lowest BCUT2D eigenvalue weighted by molar-refractivity contribution is 0.0844. The molecule has 12 heterocycles. The van der Waals surface area contributed by atoms with E-state index >= 15 is 0 Å². The van der Waals surface area contributed by atoms with E-state index in [1.54, 1.807) is 0 Å². The van der Waals surface area contributed by atoms with Crippen LogP contribution in [0, 0.1) is 0 Å². The fourth-order valence-corrected chi connectivity index (χ4v) is 19.3. The van der Waals surface area contributed by atoms with E-state index in [1.165, 1.54) is 83.2 Å². The van der Waals surface area contributed by atoms with Gasteiger partial charge in [-0.3, -0.25) is 19.2 Å². The van der Waals surface area contributed by atoms with Gasteiger partial charge in [0, 0.05) is 97.4 Å². The van der Waals surface area contributed by atoms with E-state index < -0.39 is 40.1 Å². The Morgan fingerprint density at radius 1 is 0.366 bits per heavy atom. The van der Waals surface area contributed by atoms with Crippen LogP contribution in [0.4, 0.5) is 46.0 Å². The summed E-state index contributed by atoms with van der Waals surface area (Å²) in [7, 11) is -13.3. The van der Waals surface area contributed by atoms with Crippen LogP contribution in [0.3, 0.4) is 0 Å². The molecule has 0 saturated carbocycles. The summed E-state index contributed by atoms with van der Waals surface area (Å²) in [5.41, 5.74) is 42.7. The number of carbonyl (C=O) groups excluding carboxylic acids is 4. The van der Waals surface area contributed by atoms with Gasteiger partial charge < -0.3 is 44.2 Å². The highest BCUT2D eigenvalue weighted by atomic mass is 32.2. The van der Waals surface area contributed by atoms with Crippen molar-refractivity contribution in [3.8, 4) is 0 Å². The first-order valence-electron chi connectivity index (χ1n) is 38.1. The van der Waals surface area contributed by atoms with Crippen molar-refractivity contribution < 1.29 is 52.8 Å². The van der Waals surface area contributed by atoms with Gasteiger partial charge in [-0.2, -0.15) is 46.6 Å². The molecule has 36 heteroatoms. The summed E-state index contributed by atoms with van der Waals surface area (Å²) < 4.78 is 106. The second-order valence-corrected chi connectivity index (χ2v) is 37.7. The molecule has 4 aromatic carbocycles. The van der Waals surface area contributed by atoms with E-state index in [-0.39, 0.29) is 73.5 Å². The van der Waals surface area contributed by atoms with E-state index in [4.69, 9.17) is 22.9 Å². The van der Waals surface area contributed by atoms with Gasteiger partial charge in [-0.05, 0) is 146 Å². The van der Waals surface area contributed by atoms with Crippen LogP contribution in [-0.2, 0) is 118 Å². The van der Waals surface area contributed by atoms with Crippen molar-refractivity contribution in [2.75, 3.05) is 122 Å². The molecule has 0 bridgehead atoms. The topological polar surface area (TPSA) is 441 Å². The Morgan fingerprint density at radius 3 is 0.875 bits per heavy atom. The van der Waals surface area contributed by atoms with Crippen molar-refractivity contribution in [1.82, 2.24) is 56.3 Å². The molecule has 2 unspecified atom stereocenters. The number of anilines is 8. The number of aromatic nitrogens is 8. The number of hydrogen-bond acceptors (Lipinski definition) is 24. The van der Waals surface area contributed by atoms with Gasteiger partial charge in [0.2, 0.25) is 40.1 Å². The number of rotatable bonds is 12. The molecule has 0 amide bonds. The molecule has 12 N–H and O–H groups in total. The summed E-state index contributed by atoms with van der Waals surface area (Å²) in [6, 6.07) is 24.7. The zero-order valence-corrected chi connectivity index (χ0v) is 67.7. The van der Waals surface area contributed by atoms with Crippen molar-refractivity contribution in [2.24, 2.45) is 0 Å². The number of sulfonamides is 4. The number of hydrogen-bond donors (Lipinski definition) is 8. The highest BCUT2D eigenvalue weighted by Gasteiger charge is 2.40. The van der Waals surface area contributed by atoms with Gasteiger partial charge in [-0.15, -0.1) is 5.10 Å². The normalized spacial score (nSPS) is 19.6. The highest BCUT2D eigenvalue weighted by Crippen LogP contribution is 2.41. The number of nitrogen functional groups attached to an aromatic ring is 4. The summed E-state index contributed by atoms with van der Waals surface area (Å²) in [6.07, 6.45) is 12.8. The molecular formula is C76H100N20O12S4. The number of fused-ring (bicyclic) bond motifs is 8. The van der Waals surface area contributed by atoms with Crippen LogP contribution in [-0.4, -0.2) is 191 Å². The Morgan fingerprint density at radius 2 is 0.616 bits per heavy atom. The molecule has 0 spiro atoms. The van der Waals surface area contributed by atoms with E-state index in [9.17, 15) is 52.8 Å². The Kier molecular flexibility index (Phi) is 23.1. The first-order valence-corrected chi connectivity index (χ1v) is 45.5. The summed E-state index contributed by atoms with van der Waals surface area (Å²) in [6.45, 7) is 13.2. The second kappa shape index (κ2) is 32.1. The summed E-state index contributed by atoms with van der Waals surface area (Å²) >= 11 is 0. The van der Waals surface area contributed by atoms with Gasteiger partial charge in [-0.1, -0.05) is 76.2 Å². The van der Waals surface area contributed by atoms with Crippen molar-refractivity contribution in [1.29, 1.82) is 0 Å². The van der Waals surface area contributed by atoms with Gasteiger partial charge >= 0.3 is 0 Å². The average molecular weight is 1610 g/mol. The van der Waals surface area contributed by atoms with Crippen molar-refractivity contribution in [3.63, 3.8) is 0 Å². The molecule has 0 saturated heterocycles. The Labute approximate surface area is 653 Å². The van der Waals surface area contributed by atoms with E-state index in [0.717, 1.165) is 92.9 Å². The molecule has 32 nitrogen and oxygen atoms in total. The van der Waals surface area contributed by atoms with Crippen LogP contribution >= 0.6 is 0 Å². The van der Waals surface area contributed by atoms with E-state index in [0.29, 0.717) is 150 Å². The quantitative estimate of drug-likeness (QED) is 0.0661. The number of nitrogens with zero attached hydrogens (tertiary/aromatic N) is 12. The first kappa shape index (κ1) is 80.5. The molecular weight excluding hydrogens is 1510 g/mol. The third-order valence-electron chi connectivity index (χ3n) is 22.7. The minimum Gasteiger partial charge on any atom is -0.385 e. The van der Waals surface area contributed by atoms with Crippen molar-refractivity contribution in [3.05, 3.63) is 162 Å². The van der Waals surface area contributed by atoms with Crippen LogP contribution < -0.4 is 44.2 Å². The third kappa shape index (κ3) is 16.4. The largest absolute Gasteiger partial charge is 0.385 e. The van der Waals surface area contributed by atoms with Gasteiger partial charge in [0.15, 0.2) is 0 Å². The third-order valence-corrected chi connectivity index (χ3v) is 27.7. The summed E-state index contributed by atoms with van der Waals surface area (Å²) in [5, 5.41) is 31.0. The second-order valence-electron chi connectivity index (χ2n) is 29.8. The first-order chi connectivity index (χ1) is 53.2. The monoisotopic (exact) mass is 1610 g/mol. The van der Waals surface area contributed by atoms with Gasteiger partial charge in [-0.25, -0.2) is 38.4 Å². The van der Waals surface area contributed by atoms with Crippen molar-refractivity contribution >= 4 is 110 Å². The van der Waals surface area contributed by atoms with E-state index in [1.807, 2.05) is 24.3 Å². The highest BCUT2D eigenvalue weighted by molar-refractivity contribution is 7.89. The number of aryl methyl sites for hydroxylation is 4. The van der Waals surface area contributed by atoms with Gasteiger partial charge in [0.1, 0.15) is 23.3 Å². The van der Waals surface area contributed by atoms with Crippen LogP contribution in [0.15, 0.2) is 72.8 Å². The fraction of sp³-hybridized carbons (Fsp3) is 0.474. The molecule has 4 aromatic heterocycles. The molecule has 4 atom stereocenters. The molecule has 112 heavy (non-hydrogen) atoms. The molecule has 8 aliphatic heterocycles. The molecule has 16 rings (SSSR count). The van der Waals surface area contributed by atoms with Gasteiger partial charge in [0.05, 0.1) is 97.6 Å². The molecule has 0 fully saturated rings. The molecule has 600 valence electrons. The van der Waals surface area contributed by atoms with Crippen LogP contribution in [0.2, 0.25) is 0 Å². The maximum absolute atomic E-state index is 13.5. The predicted molar refractivity (Wildman–Crippen MR) is 432 cm³/mol. The number of nitrogens with two attached hydrogens (primary N) is 4. The van der Waals surface area contributed by atoms with Crippen molar-refractivity contribution in [2.45, 2.75) is 155 Å². The number of carbonyl (C=O) groups is 4. The van der Waals surface area contributed by atoms with Gasteiger partial charge in [0.25, 0.3) is 23.6 Å². The zero-order chi connectivity index (χ0) is 80.2. The fourth-order valence-electron chi connectivity index (χ4n) is 16.2. The maximum atomic E-state index is 13.5. The maximum Gasteiger partial charge on any atom is 0.256 e. The average Bonchev–Trinajstić information content (AvgIpc) is 1.63. The van der Waals surface area contributed by atoms with Crippen LogP contribution in [0.25, 0.3) is 0 Å². The SMILES string of the molecule is CCc1ccc2c(c1)C(C(=O)n1nc(N)c3c1CN(S(C)(=O)=O)CC3)CCN2.CCc1ccc2c(c1)C(C(=O)n1nc3c(c1N)CCN(S(C)(=O)=O)C3)CCN2.CCc1ccc2c(c1)[C@@H](C(=O)n1nc3c(c1N)CCN(S(C)(=O)=O)C3)CCN2.CCc1ccc2c(c1)[C@H](C(=O)n1nc3c(c1N)CCN(S(C)(=O)=O)C3)CCN2. The summed E-state index contributed by atoms with van der Waals surface area (Å²) in [5.74, 6) is -0.615. The van der Waals surface area contributed by atoms with Crippen LogP contribution in [0.5, 0.6) is 0 Å². The summed E-state index contributed by atoms with van der Waals surface area (Å²) in [4.78, 5) is 53.5. The molecule has 8 aromatic rings. The molecule has 0 aliphatic carbocycles.